The Morgan fingerprint density at radius 1 is 1.15 bits per heavy atom. The second kappa shape index (κ2) is 5.68. The summed E-state index contributed by atoms with van der Waals surface area (Å²) >= 11 is 3.44. The third-order valence-electron chi connectivity index (χ3n) is 3.41. The van der Waals surface area contributed by atoms with E-state index in [1.54, 1.807) is 0 Å². The highest BCUT2D eigenvalue weighted by molar-refractivity contribution is 9.10. The first-order chi connectivity index (χ1) is 9.68. The molecule has 0 saturated carbocycles. The highest BCUT2D eigenvalue weighted by Gasteiger charge is 2.33. The first kappa shape index (κ1) is 13.8. The molecule has 1 heterocycles. The fourth-order valence-corrected chi connectivity index (χ4v) is 4.50. The summed E-state index contributed by atoms with van der Waals surface area (Å²) in [4.78, 5) is 0.760. The zero-order chi connectivity index (χ0) is 14.1. The molecule has 2 aromatic carbocycles. The van der Waals surface area contributed by atoms with Crippen LogP contribution in [0.15, 0.2) is 57.9 Å². The van der Waals surface area contributed by atoms with Crippen molar-refractivity contribution in [2.24, 2.45) is 5.73 Å². The lowest BCUT2D eigenvalue weighted by Gasteiger charge is -2.30. The molecule has 0 bridgehead atoms. The Balaban J connectivity index is 1.93. The fourth-order valence-electron chi connectivity index (χ4n) is 2.33. The quantitative estimate of drug-likeness (QED) is 0.904. The van der Waals surface area contributed by atoms with Crippen LogP contribution in [0.5, 0.6) is 5.75 Å². The van der Waals surface area contributed by atoms with Crippen LogP contribution in [0.1, 0.15) is 11.6 Å². The second-order valence-corrected chi connectivity index (χ2v) is 7.14. The van der Waals surface area contributed by atoms with Crippen LogP contribution < -0.4 is 10.5 Å². The normalized spacial score (nSPS) is 22.7. The first-order valence-electron chi connectivity index (χ1n) is 6.31. The van der Waals surface area contributed by atoms with Gasteiger partial charge in [-0.1, -0.05) is 30.3 Å². The van der Waals surface area contributed by atoms with Crippen molar-refractivity contribution >= 4 is 26.7 Å². The van der Waals surface area contributed by atoms with Crippen molar-refractivity contribution in [2.45, 2.75) is 16.2 Å². The molecule has 0 fully saturated rings. The van der Waals surface area contributed by atoms with Crippen molar-refractivity contribution in [2.75, 3.05) is 6.61 Å². The molecule has 20 heavy (non-hydrogen) atoms. The van der Waals surface area contributed by atoms with Crippen LogP contribution in [0, 0.1) is 0 Å². The molecule has 0 aromatic heterocycles. The molecular formula is C15H14BrNO2S. The number of hydrogen-bond acceptors (Lipinski definition) is 3. The molecule has 0 aliphatic carbocycles. The maximum Gasteiger partial charge on any atom is 0.124 e. The summed E-state index contributed by atoms with van der Waals surface area (Å²) in [5.74, 6) is 0.792. The van der Waals surface area contributed by atoms with E-state index in [0.29, 0.717) is 6.61 Å². The Bertz CT molecular complexity index is 662. The van der Waals surface area contributed by atoms with E-state index in [9.17, 15) is 4.21 Å². The van der Waals surface area contributed by atoms with Crippen molar-refractivity contribution in [3.8, 4) is 5.75 Å². The van der Waals surface area contributed by atoms with Crippen molar-refractivity contribution < 1.29 is 8.95 Å². The molecular weight excluding hydrogens is 338 g/mol. The first-order valence-corrected chi connectivity index (χ1v) is 8.31. The predicted molar refractivity (Wildman–Crippen MR) is 83.2 cm³/mol. The monoisotopic (exact) mass is 351 g/mol. The average Bonchev–Trinajstić information content (AvgIpc) is 2.48. The molecule has 0 amide bonds. The Morgan fingerprint density at radius 3 is 2.65 bits per heavy atom. The number of ether oxygens (including phenoxy) is 1. The molecule has 1 aliphatic heterocycles. The Hall–Kier alpha value is -1.17. The standard InChI is InChI=1S/C15H14BrNO2S/c16-11-6-2-4-8-13(11)20(18)14-9-19-12-7-3-1-5-10(12)15(14)17/h1-8,14-15H,9,17H2. The zero-order valence-corrected chi connectivity index (χ0v) is 13.1. The van der Waals surface area contributed by atoms with Gasteiger partial charge in [-0.2, -0.15) is 0 Å². The highest BCUT2D eigenvalue weighted by atomic mass is 79.9. The molecule has 0 radical (unpaired) electrons. The summed E-state index contributed by atoms with van der Waals surface area (Å²) in [6, 6.07) is 14.9. The summed E-state index contributed by atoms with van der Waals surface area (Å²) in [5.41, 5.74) is 7.21. The van der Waals surface area contributed by atoms with Crippen molar-refractivity contribution in [1.82, 2.24) is 0 Å². The molecule has 2 aromatic rings. The molecule has 2 N–H and O–H groups in total. The maximum absolute atomic E-state index is 12.8. The van der Waals surface area contributed by atoms with Gasteiger partial charge in [0.1, 0.15) is 12.4 Å². The van der Waals surface area contributed by atoms with Gasteiger partial charge in [0, 0.05) is 10.0 Å². The van der Waals surface area contributed by atoms with E-state index in [1.807, 2.05) is 48.5 Å². The molecule has 0 saturated heterocycles. The minimum absolute atomic E-state index is 0.247. The topological polar surface area (TPSA) is 52.3 Å². The summed E-state index contributed by atoms with van der Waals surface area (Å²) in [6.45, 7) is 0.367. The van der Waals surface area contributed by atoms with E-state index in [0.717, 1.165) is 20.7 Å². The van der Waals surface area contributed by atoms with E-state index < -0.39 is 10.8 Å². The van der Waals surface area contributed by atoms with Crippen LogP contribution in [0.4, 0.5) is 0 Å². The SMILES string of the molecule is NC1c2ccccc2OCC1S(=O)c1ccccc1Br. The van der Waals surface area contributed by atoms with E-state index in [2.05, 4.69) is 15.9 Å². The Morgan fingerprint density at radius 2 is 1.85 bits per heavy atom. The number of benzene rings is 2. The lowest BCUT2D eigenvalue weighted by Crippen LogP contribution is -2.39. The molecule has 3 nitrogen and oxygen atoms in total. The Kier molecular flexibility index (Phi) is 3.92. The number of rotatable bonds is 2. The summed E-state index contributed by atoms with van der Waals surface area (Å²) in [7, 11) is -1.22. The molecule has 3 atom stereocenters. The minimum atomic E-state index is -1.22. The van der Waals surface area contributed by atoms with Gasteiger partial charge in [-0.25, -0.2) is 0 Å². The second-order valence-electron chi connectivity index (χ2n) is 4.64. The average molecular weight is 352 g/mol. The van der Waals surface area contributed by atoms with Crippen LogP contribution in [0.25, 0.3) is 0 Å². The highest BCUT2D eigenvalue weighted by Crippen LogP contribution is 2.35. The third-order valence-corrected chi connectivity index (χ3v) is 6.13. The maximum atomic E-state index is 12.8. The van der Waals surface area contributed by atoms with E-state index in [1.165, 1.54) is 0 Å². The lowest BCUT2D eigenvalue weighted by atomic mass is 10.0. The Labute approximate surface area is 128 Å². The van der Waals surface area contributed by atoms with Gasteiger partial charge >= 0.3 is 0 Å². The van der Waals surface area contributed by atoms with Gasteiger partial charge in [-0.15, -0.1) is 0 Å². The smallest absolute Gasteiger partial charge is 0.124 e. The van der Waals surface area contributed by atoms with Crippen molar-refractivity contribution in [3.05, 3.63) is 58.6 Å². The van der Waals surface area contributed by atoms with E-state index in [-0.39, 0.29) is 11.3 Å². The summed E-state index contributed by atoms with van der Waals surface area (Å²) in [5, 5.41) is -0.247. The molecule has 5 heteroatoms. The van der Waals surface area contributed by atoms with E-state index >= 15 is 0 Å². The van der Waals surface area contributed by atoms with E-state index in [4.69, 9.17) is 10.5 Å². The van der Waals surface area contributed by atoms with Crippen LogP contribution in [-0.2, 0) is 10.8 Å². The van der Waals surface area contributed by atoms with Gasteiger partial charge in [0.15, 0.2) is 0 Å². The summed E-state index contributed by atoms with van der Waals surface area (Å²) < 4.78 is 19.3. The molecule has 104 valence electrons. The fraction of sp³-hybridized carbons (Fsp3) is 0.200. The van der Waals surface area contributed by atoms with Crippen molar-refractivity contribution in [1.29, 1.82) is 0 Å². The van der Waals surface area contributed by atoms with Crippen LogP contribution in [0.2, 0.25) is 0 Å². The van der Waals surface area contributed by atoms with Crippen LogP contribution >= 0.6 is 15.9 Å². The minimum Gasteiger partial charge on any atom is -0.492 e. The van der Waals surface area contributed by atoms with Gasteiger partial charge in [0.25, 0.3) is 0 Å². The largest absolute Gasteiger partial charge is 0.492 e. The molecule has 1 aliphatic rings. The zero-order valence-electron chi connectivity index (χ0n) is 10.7. The van der Waals surface area contributed by atoms with Gasteiger partial charge in [0.2, 0.25) is 0 Å². The summed E-state index contributed by atoms with van der Waals surface area (Å²) in [6.07, 6.45) is 0. The molecule has 0 spiro atoms. The van der Waals surface area contributed by atoms with Crippen LogP contribution in [-0.4, -0.2) is 16.1 Å². The number of halogens is 1. The van der Waals surface area contributed by atoms with Gasteiger partial charge in [-0.3, -0.25) is 4.21 Å². The number of fused-ring (bicyclic) bond motifs is 1. The lowest BCUT2D eigenvalue weighted by molar-refractivity contribution is 0.273. The van der Waals surface area contributed by atoms with Gasteiger partial charge in [0.05, 0.1) is 27.0 Å². The number of para-hydroxylation sites is 1. The van der Waals surface area contributed by atoms with Gasteiger partial charge < -0.3 is 10.5 Å². The number of hydrogen-bond donors (Lipinski definition) is 1. The predicted octanol–water partition coefficient (Wildman–Crippen LogP) is 3.02. The molecule has 3 unspecified atom stereocenters. The van der Waals surface area contributed by atoms with Crippen molar-refractivity contribution in [3.63, 3.8) is 0 Å². The number of nitrogens with two attached hydrogens (primary N) is 1. The van der Waals surface area contributed by atoms with Gasteiger partial charge in [-0.05, 0) is 34.1 Å². The third kappa shape index (κ3) is 2.41. The van der Waals surface area contributed by atoms with Crippen LogP contribution in [0.3, 0.4) is 0 Å². The molecule has 3 rings (SSSR count).